The highest BCUT2D eigenvalue weighted by Crippen LogP contribution is 2.09. The van der Waals surface area contributed by atoms with Gasteiger partial charge in [-0.3, -0.25) is 15.4 Å². The summed E-state index contributed by atoms with van der Waals surface area (Å²) in [5.41, 5.74) is 0.432. The molecule has 6 heteroatoms. The molecule has 0 fully saturated rings. The van der Waals surface area contributed by atoms with Gasteiger partial charge in [0.2, 0.25) is 0 Å². The van der Waals surface area contributed by atoms with Crippen molar-refractivity contribution in [2.45, 2.75) is 0 Å². The molecule has 2 rings (SSSR count). The summed E-state index contributed by atoms with van der Waals surface area (Å²) in [7, 11) is 0. The number of amides is 3. The van der Waals surface area contributed by atoms with Crippen molar-refractivity contribution in [1.82, 2.24) is 10.3 Å². The van der Waals surface area contributed by atoms with Crippen molar-refractivity contribution >= 4 is 28.4 Å². The molecule has 1 aromatic heterocycles. The van der Waals surface area contributed by atoms with Gasteiger partial charge in [0.15, 0.2) is 5.13 Å². The first-order valence-corrected chi connectivity index (χ1v) is 5.70. The molecular weight excluding hydrogens is 238 g/mol. The predicted molar refractivity (Wildman–Crippen MR) is 65.0 cm³/mol. The fourth-order valence-corrected chi connectivity index (χ4v) is 1.70. The number of urea groups is 1. The number of benzene rings is 1. The Bertz CT molecular complexity index is 511. The fraction of sp³-hybridized carbons (Fsp3) is 0. The standard InChI is InChI=1S/C11H9N3O2S/c15-9(8-4-2-1-3-5-8)13-10(16)14-11-12-6-7-17-11/h1-7H,(H2,12,13,14,15,16). The van der Waals surface area contributed by atoms with Crippen molar-refractivity contribution in [2.75, 3.05) is 5.32 Å². The molecule has 0 atom stereocenters. The summed E-state index contributed by atoms with van der Waals surface area (Å²) in [5, 5.41) is 6.85. The van der Waals surface area contributed by atoms with Crippen molar-refractivity contribution in [1.29, 1.82) is 0 Å². The van der Waals surface area contributed by atoms with E-state index in [0.717, 1.165) is 0 Å². The van der Waals surface area contributed by atoms with Crippen LogP contribution in [0.1, 0.15) is 10.4 Å². The number of nitrogens with one attached hydrogen (secondary N) is 2. The Morgan fingerprint density at radius 1 is 1.18 bits per heavy atom. The van der Waals surface area contributed by atoms with Gasteiger partial charge in [-0.1, -0.05) is 18.2 Å². The fourth-order valence-electron chi connectivity index (χ4n) is 1.18. The Morgan fingerprint density at radius 2 is 1.94 bits per heavy atom. The maximum Gasteiger partial charge on any atom is 0.327 e. The number of carbonyl (C=O) groups excluding carboxylic acids is 2. The van der Waals surface area contributed by atoms with Crippen molar-refractivity contribution in [2.24, 2.45) is 0 Å². The molecule has 0 unspecified atom stereocenters. The van der Waals surface area contributed by atoms with Crippen molar-refractivity contribution in [3.63, 3.8) is 0 Å². The smallest absolute Gasteiger partial charge is 0.283 e. The van der Waals surface area contributed by atoms with E-state index in [1.807, 2.05) is 0 Å². The number of hydrogen-bond donors (Lipinski definition) is 2. The average Bonchev–Trinajstić information content (AvgIpc) is 2.82. The van der Waals surface area contributed by atoms with Gasteiger partial charge in [0, 0.05) is 17.1 Å². The van der Waals surface area contributed by atoms with Gasteiger partial charge in [-0.2, -0.15) is 0 Å². The number of nitrogens with zero attached hydrogens (tertiary/aromatic N) is 1. The highest BCUT2D eigenvalue weighted by atomic mass is 32.1. The summed E-state index contributed by atoms with van der Waals surface area (Å²) in [6.07, 6.45) is 1.57. The third-order valence-corrected chi connectivity index (χ3v) is 2.60. The lowest BCUT2D eigenvalue weighted by Crippen LogP contribution is -2.34. The summed E-state index contributed by atoms with van der Waals surface area (Å²) < 4.78 is 0. The van der Waals surface area contributed by atoms with E-state index >= 15 is 0 Å². The first-order chi connectivity index (χ1) is 8.25. The van der Waals surface area contributed by atoms with E-state index in [-0.39, 0.29) is 0 Å². The van der Waals surface area contributed by atoms with E-state index in [1.54, 1.807) is 41.9 Å². The third-order valence-electron chi connectivity index (χ3n) is 1.92. The monoisotopic (exact) mass is 247 g/mol. The van der Waals surface area contributed by atoms with Crippen molar-refractivity contribution in [3.05, 3.63) is 47.5 Å². The Balaban J connectivity index is 1.93. The Kier molecular flexibility index (Phi) is 3.46. The van der Waals surface area contributed by atoms with Crippen LogP contribution in [0.5, 0.6) is 0 Å². The maximum atomic E-state index is 11.6. The normalized spacial score (nSPS) is 9.65. The van der Waals surface area contributed by atoms with Crippen LogP contribution in [0, 0.1) is 0 Å². The second-order valence-electron chi connectivity index (χ2n) is 3.11. The summed E-state index contributed by atoms with van der Waals surface area (Å²) in [4.78, 5) is 26.9. The van der Waals surface area contributed by atoms with E-state index in [4.69, 9.17) is 0 Å². The van der Waals surface area contributed by atoms with Crippen LogP contribution in [0.3, 0.4) is 0 Å². The van der Waals surface area contributed by atoms with Gasteiger partial charge < -0.3 is 0 Å². The summed E-state index contributed by atoms with van der Waals surface area (Å²) in [5.74, 6) is -0.445. The maximum absolute atomic E-state index is 11.6. The van der Waals surface area contributed by atoms with Gasteiger partial charge in [-0.15, -0.1) is 11.3 Å². The molecule has 0 aliphatic heterocycles. The average molecular weight is 247 g/mol. The van der Waals surface area contributed by atoms with E-state index in [0.29, 0.717) is 10.7 Å². The van der Waals surface area contributed by atoms with Crippen LogP contribution in [0.2, 0.25) is 0 Å². The zero-order valence-corrected chi connectivity index (χ0v) is 9.53. The molecule has 1 heterocycles. The second-order valence-corrected chi connectivity index (χ2v) is 4.01. The first kappa shape index (κ1) is 11.3. The van der Waals surface area contributed by atoms with Gasteiger partial charge >= 0.3 is 6.03 Å². The van der Waals surface area contributed by atoms with Gasteiger partial charge in [-0.25, -0.2) is 9.78 Å². The highest BCUT2D eigenvalue weighted by Gasteiger charge is 2.10. The van der Waals surface area contributed by atoms with Crippen LogP contribution in [0.4, 0.5) is 9.93 Å². The lowest BCUT2D eigenvalue weighted by molar-refractivity contribution is 0.0967. The van der Waals surface area contributed by atoms with Gasteiger partial charge in [-0.05, 0) is 12.1 Å². The first-order valence-electron chi connectivity index (χ1n) is 4.82. The lowest BCUT2D eigenvalue weighted by atomic mass is 10.2. The second kappa shape index (κ2) is 5.22. The summed E-state index contributed by atoms with van der Waals surface area (Å²) >= 11 is 1.28. The third kappa shape index (κ3) is 3.12. The molecule has 2 aromatic rings. The van der Waals surface area contributed by atoms with Gasteiger partial charge in [0.25, 0.3) is 5.91 Å². The number of rotatable bonds is 2. The van der Waals surface area contributed by atoms with E-state index in [2.05, 4.69) is 15.6 Å². The molecule has 2 N–H and O–H groups in total. The molecule has 0 bridgehead atoms. The van der Waals surface area contributed by atoms with Crippen LogP contribution in [-0.2, 0) is 0 Å². The minimum absolute atomic E-state index is 0.432. The number of imide groups is 1. The lowest BCUT2D eigenvalue weighted by Gasteiger charge is -2.03. The minimum atomic E-state index is -0.589. The molecule has 3 amide bonds. The number of aromatic nitrogens is 1. The van der Waals surface area contributed by atoms with E-state index in [1.165, 1.54) is 11.3 Å². The number of thiazole rings is 1. The molecule has 0 radical (unpaired) electrons. The van der Waals surface area contributed by atoms with Gasteiger partial charge in [0.05, 0.1) is 0 Å². The molecule has 0 saturated heterocycles. The Morgan fingerprint density at radius 3 is 2.59 bits per heavy atom. The predicted octanol–water partition coefficient (Wildman–Crippen LogP) is 2.10. The van der Waals surface area contributed by atoms with Crippen molar-refractivity contribution in [3.8, 4) is 0 Å². The van der Waals surface area contributed by atoms with Crippen LogP contribution in [0.25, 0.3) is 0 Å². The van der Waals surface area contributed by atoms with Crippen LogP contribution in [0.15, 0.2) is 41.9 Å². The zero-order valence-electron chi connectivity index (χ0n) is 8.71. The van der Waals surface area contributed by atoms with Gasteiger partial charge in [0.1, 0.15) is 0 Å². The molecule has 0 saturated carbocycles. The number of hydrogen-bond acceptors (Lipinski definition) is 4. The van der Waals surface area contributed by atoms with Crippen molar-refractivity contribution < 1.29 is 9.59 Å². The quantitative estimate of drug-likeness (QED) is 0.853. The van der Waals surface area contributed by atoms with Crippen LogP contribution in [-0.4, -0.2) is 16.9 Å². The molecule has 17 heavy (non-hydrogen) atoms. The zero-order chi connectivity index (χ0) is 12.1. The minimum Gasteiger partial charge on any atom is -0.283 e. The largest absolute Gasteiger partial charge is 0.327 e. The molecule has 0 spiro atoms. The number of carbonyl (C=O) groups is 2. The molecule has 1 aromatic carbocycles. The Labute approximate surface area is 102 Å². The van der Waals surface area contributed by atoms with E-state index < -0.39 is 11.9 Å². The summed E-state index contributed by atoms with van der Waals surface area (Å²) in [6.45, 7) is 0. The molecular formula is C11H9N3O2S. The molecule has 5 nitrogen and oxygen atoms in total. The number of anilines is 1. The van der Waals surface area contributed by atoms with Crippen LogP contribution >= 0.6 is 11.3 Å². The summed E-state index contributed by atoms with van der Waals surface area (Å²) in [6, 6.07) is 7.93. The Hall–Kier alpha value is -2.21. The molecule has 86 valence electrons. The SMILES string of the molecule is O=C(NC(=O)c1ccccc1)Nc1nccs1. The molecule has 0 aliphatic carbocycles. The van der Waals surface area contributed by atoms with Crippen LogP contribution < -0.4 is 10.6 Å². The highest BCUT2D eigenvalue weighted by molar-refractivity contribution is 7.13. The molecule has 0 aliphatic rings. The topological polar surface area (TPSA) is 71.1 Å². The van der Waals surface area contributed by atoms with E-state index in [9.17, 15) is 9.59 Å².